The Hall–Kier alpha value is -3.15. The van der Waals surface area contributed by atoms with Crippen LogP contribution in [0.5, 0.6) is 0 Å². The number of carbonyl (C=O) groups is 1. The molecule has 1 amide bonds. The molecule has 0 bridgehead atoms. The first-order valence-corrected chi connectivity index (χ1v) is 9.99. The smallest absolute Gasteiger partial charge is 0.346 e. The molecule has 33 heavy (non-hydrogen) atoms. The van der Waals surface area contributed by atoms with Crippen molar-refractivity contribution < 1.29 is 26.7 Å². The normalized spacial score (nSPS) is 11.5. The molecule has 1 N–H and O–H groups in total. The summed E-state index contributed by atoms with van der Waals surface area (Å²) < 4.78 is 68.4. The van der Waals surface area contributed by atoms with Gasteiger partial charge in [0.1, 0.15) is 5.69 Å². The van der Waals surface area contributed by atoms with Crippen LogP contribution >= 0.6 is 23.2 Å². The zero-order valence-electron chi connectivity index (χ0n) is 16.5. The molecule has 0 atom stereocenters. The van der Waals surface area contributed by atoms with Crippen molar-refractivity contribution in [3.8, 4) is 11.8 Å². The van der Waals surface area contributed by atoms with Gasteiger partial charge in [-0.15, -0.1) is 0 Å². The van der Waals surface area contributed by atoms with Crippen molar-refractivity contribution in [3.63, 3.8) is 0 Å². The van der Waals surface area contributed by atoms with Crippen LogP contribution in [-0.4, -0.2) is 17.4 Å². The molecule has 1 aromatic heterocycles. The lowest BCUT2D eigenvalue weighted by Crippen LogP contribution is -2.36. The van der Waals surface area contributed by atoms with Crippen LogP contribution in [0.4, 0.5) is 22.0 Å². The average Bonchev–Trinajstić information content (AvgIpc) is 2.76. The van der Waals surface area contributed by atoms with E-state index in [0.717, 1.165) is 18.3 Å². The first-order chi connectivity index (χ1) is 15.5. The lowest BCUT2D eigenvalue weighted by Gasteiger charge is -2.18. The number of halogens is 7. The molecule has 1 heterocycles. The molecule has 2 aromatic carbocycles. The number of pyridine rings is 1. The number of hydrogen-bond acceptors (Lipinski definition) is 2. The molecule has 0 fully saturated rings. The Bertz CT molecular complexity index is 1230. The highest BCUT2D eigenvalue weighted by molar-refractivity contribution is 6.31. The molecule has 3 aromatic rings. The SMILES string of the molecule is O=C(NCC(F)(F)c1ncc(C#Cc2ccc(Cl)cc2)cc1Cl)c1ccccc1C(F)(F)F. The van der Waals surface area contributed by atoms with E-state index in [1.807, 2.05) is 5.32 Å². The zero-order valence-corrected chi connectivity index (χ0v) is 18.0. The van der Waals surface area contributed by atoms with E-state index < -0.39 is 46.4 Å². The van der Waals surface area contributed by atoms with Crippen molar-refractivity contribution in [1.29, 1.82) is 0 Å². The fraction of sp³-hybridized carbons (Fsp3) is 0.130. The molecular formula is C23H13Cl2F5N2O. The summed E-state index contributed by atoms with van der Waals surface area (Å²) in [5.74, 6) is 0.487. The van der Waals surface area contributed by atoms with Crippen LogP contribution in [0.1, 0.15) is 32.7 Å². The Labute approximate surface area is 195 Å². The van der Waals surface area contributed by atoms with Crippen molar-refractivity contribution in [1.82, 2.24) is 10.3 Å². The largest absolute Gasteiger partial charge is 0.417 e. The summed E-state index contributed by atoms with van der Waals surface area (Å²) >= 11 is 11.7. The van der Waals surface area contributed by atoms with Gasteiger partial charge in [0.15, 0.2) is 0 Å². The maximum absolute atomic E-state index is 14.6. The summed E-state index contributed by atoms with van der Waals surface area (Å²) in [6.45, 7) is -1.31. The third-order valence-corrected chi connectivity index (χ3v) is 4.87. The van der Waals surface area contributed by atoms with Gasteiger partial charge in [0.25, 0.3) is 5.91 Å². The van der Waals surface area contributed by atoms with Crippen molar-refractivity contribution in [2.45, 2.75) is 12.1 Å². The minimum Gasteiger partial charge on any atom is -0.346 e. The monoisotopic (exact) mass is 498 g/mol. The van der Waals surface area contributed by atoms with Gasteiger partial charge < -0.3 is 5.32 Å². The van der Waals surface area contributed by atoms with Gasteiger partial charge in [-0.25, -0.2) is 0 Å². The molecule has 0 saturated heterocycles. The van der Waals surface area contributed by atoms with Crippen molar-refractivity contribution in [3.05, 3.63) is 98.8 Å². The number of hydrogen-bond donors (Lipinski definition) is 1. The van der Waals surface area contributed by atoms with Gasteiger partial charge in [-0.05, 0) is 42.5 Å². The lowest BCUT2D eigenvalue weighted by atomic mass is 10.1. The highest BCUT2D eigenvalue weighted by atomic mass is 35.5. The molecule has 0 spiro atoms. The number of benzene rings is 2. The first-order valence-electron chi connectivity index (χ1n) is 9.23. The average molecular weight is 499 g/mol. The van der Waals surface area contributed by atoms with E-state index in [9.17, 15) is 26.7 Å². The Balaban J connectivity index is 1.74. The number of aromatic nitrogens is 1. The van der Waals surface area contributed by atoms with Gasteiger partial charge >= 0.3 is 12.1 Å². The molecule has 0 radical (unpaired) electrons. The van der Waals surface area contributed by atoms with Gasteiger partial charge in [-0.2, -0.15) is 22.0 Å². The molecule has 170 valence electrons. The summed E-state index contributed by atoms with van der Waals surface area (Å²) in [4.78, 5) is 15.8. The minimum atomic E-state index is -4.82. The van der Waals surface area contributed by atoms with Crippen molar-refractivity contribution >= 4 is 29.1 Å². The Morgan fingerprint density at radius 3 is 2.21 bits per heavy atom. The van der Waals surface area contributed by atoms with Crippen LogP contribution in [0.2, 0.25) is 10.0 Å². The minimum absolute atomic E-state index is 0.262. The Kier molecular flexibility index (Phi) is 7.25. The van der Waals surface area contributed by atoms with Crippen LogP contribution in [0.25, 0.3) is 0 Å². The van der Waals surface area contributed by atoms with Gasteiger partial charge in [-0.1, -0.05) is 47.2 Å². The molecule has 0 saturated carbocycles. The Morgan fingerprint density at radius 1 is 0.939 bits per heavy atom. The summed E-state index contributed by atoms with van der Waals surface area (Å²) in [5, 5.41) is 1.94. The van der Waals surface area contributed by atoms with E-state index in [4.69, 9.17) is 23.2 Å². The standard InChI is InChI=1S/C23H13Cl2F5N2O/c24-16-9-7-14(8-10-16)5-6-15-11-19(25)20(31-12-15)22(26,27)13-32-21(33)17-3-1-2-4-18(17)23(28,29)30/h1-4,7-12H,13H2,(H,32,33). The molecule has 3 rings (SSSR count). The second kappa shape index (κ2) is 9.77. The van der Waals surface area contributed by atoms with Crippen LogP contribution in [0.3, 0.4) is 0 Å². The van der Waals surface area contributed by atoms with Crippen molar-refractivity contribution in [2.24, 2.45) is 0 Å². The van der Waals surface area contributed by atoms with Gasteiger partial charge in [-0.3, -0.25) is 9.78 Å². The zero-order chi connectivity index (χ0) is 24.2. The van der Waals surface area contributed by atoms with Crippen LogP contribution in [0, 0.1) is 11.8 Å². The van der Waals surface area contributed by atoms with E-state index in [-0.39, 0.29) is 5.56 Å². The van der Waals surface area contributed by atoms with Gasteiger partial charge in [0.05, 0.1) is 22.7 Å². The van der Waals surface area contributed by atoms with E-state index >= 15 is 0 Å². The predicted octanol–water partition coefficient (Wildman–Crippen LogP) is 6.33. The fourth-order valence-electron chi connectivity index (χ4n) is 2.75. The first kappa shape index (κ1) is 24.5. The summed E-state index contributed by atoms with van der Waals surface area (Å²) in [5.41, 5.74) is -1.95. The fourth-order valence-corrected chi connectivity index (χ4v) is 3.18. The quantitative estimate of drug-likeness (QED) is 0.337. The number of nitrogens with one attached hydrogen (secondary N) is 1. The maximum atomic E-state index is 14.6. The topological polar surface area (TPSA) is 42.0 Å². The van der Waals surface area contributed by atoms with Gasteiger partial charge in [0, 0.05) is 22.3 Å². The molecule has 0 aliphatic heterocycles. The van der Waals surface area contributed by atoms with Crippen LogP contribution < -0.4 is 5.32 Å². The molecule has 0 aliphatic carbocycles. The number of rotatable bonds is 4. The number of carbonyl (C=O) groups excluding carboxylic acids is 1. The highest BCUT2D eigenvalue weighted by Crippen LogP contribution is 2.33. The maximum Gasteiger partial charge on any atom is 0.417 e. The summed E-state index contributed by atoms with van der Waals surface area (Å²) in [6.07, 6.45) is -3.73. The number of nitrogens with zero attached hydrogens (tertiary/aromatic N) is 1. The Morgan fingerprint density at radius 2 is 1.58 bits per heavy atom. The van der Waals surface area contributed by atoms with Crippen molar-refractivity contribution in [2.75, 3.05) is 6.54 Å². The molecule has 3 nitrogen and oxygen atoms in total. The number of alkyl halides is 5. The van der Waals surface area contributed by atoms with Crippen LogP contribution in [-0.2, 0) is 12.1 Å². The van der Waals surface area contributed by atoms with E-state index in [1.165, 1.54) is 12.1 Å². The molecule has 0 unspecified atom stereocenters. The van der Waals surface area contributed by atoms with Crippen LogP contribution in [0.15, 0.2) is 60.8 Å². The molecular weight excluding hydrogens is 486 g/mol. The van der Waals surface area contributed by atoms with E-state index in [0.29, 0.717) is 16.7 Å². The molecule has 0 aliphatic rings. The summed E-state index contributed by atoms with van der Waals surface area (Å²) in [7, 11) is 0. The third-order valence-electron chi connectivity index (χ3n) is 4.33. The van der Waals surface area contributed by atoms with Gasteiger partial charge in [0.2, 0.25) is 0 Å². The molecule has 10 heteroatoms. The number of amides is 1. The van der Waals surface area contributed by atoms with E-state index in [1.54, 1.807) is 24.3 Å². The lowest BCUT2D eigenvalue weighted by molar-refractivity contribution is -0.137. The second-order valence-electron chi connectivity index (χ2n) is 6.74. The second-order valence-corrected chi connectivity index (χ2v) is 7.59. The summed E-state index contributed by atoms with van der Waals surface area (Å²) in [6, 6.07) is 11.7. The predicted molar refractivity (Wildman–Crippen MR) is 114 cm³/mol. The highest BCUT2D eigenvalue weighted by Gasteiger charge is 2.38. The van der Waals surface area contributed by atoms with E-state index in [2.05, 4.69) is 16.8 Å². The third kappa shape index (κ3) is 6.21.